The zero-order valence-electron chi connectivity index (χ0n) is 13.5. The van der Waals surface area contributed by atoms with E-state index in [-0.39, 0.29) is 18.0 Å². The van der Waals surface area contributed by atoms with Crippen LogP contribution in [0.25, 0.3) is 0 Å². The maximum absolute atomic E-state index is 13.0. The van der Waals surface area contributed by atoms with Gasteiger partial charge in [0.2, 0.25) is 11.9 Å². The summed E-state index contributed by atoms with van der Waals surface area (Å²) in [7, 11) is 0. The summed E-state index contributed by atoms with van der Waals surface area (Å²) < 4.78 is 0. The fraction of sp³-hybridized carbons (Fsp3) is 0.389. The lowest BCUT2D eigenvalue weighted by atomic mass is 9.93. The van der Waals surface area contributed by atoms with E-state index in [1.165, 1.54) is 5.56 Å². The molecule has 1 aromatic heterocycles. The van der Waals surface area contributed by atoms with Crippen molar-refractivity contribution in [1.82, 2.24) is 20.2 Å². The molecule has 3 heterocycles. The van der Waals surface area contributed by atoms with Gasteiger partial charge in [-0.05, 0) is 30.0 Å². The van der Waals surface area contributed by atoms with Crippen molar-refractivity contribution >= 4 is 11.9 Å². The van der Waals surface area contributed by atoms with Gasteiger partial charge in [-0.25, -0.2) is 9.97 Å². The fourth-order valence-electron chi connectivity index (χ4n) is 3.54. The molecular weight excluding hydrogens is 302 g/mol. The highest BCUT2D eigenvalue weighted by atomic mass is 16.2. The van der Waals surface area contributed by atoms with E-state index in [9.17, 15) is 4.79 Å². The monoisotopic (exact) mass is 323 g/mol. The molecule has 2 N–H and O–H groups in total. The van der Waals surface area contributed by atoms with E-state index < -0.39 is 0 Å². The summed E-state index contributed by atoms with van der Waals surface area (Å²) in [6.45, 7) is 2.31. The summed E-state index contributed by atoms with van der Waals surface area (Å²) in [4.78, 5) is 23.3. The van der Waals surface area contributed by atoms with Crippen LogP contribution in [0.1, 0.15) is 23.6 Å². The maximum Gasteiger partial charge on any atom is 0.244 e. The summed E-state index contributed by atoms with van der Waals surface area (Å²) >= 11 is 0. The van der Waals surface area contributed by atoms with E-state index in [0.29, 0.717) is 12.5 Å². The zero-order valence-corrected chi connectivity index (χ0v) is 13.5. The largest absolute Gasteiger partial charge is 0.350 e. The van der Waals surface area contributed by atoms with Gasteiger partial charge in [-0.2, -0.15) is 0 Å². The Morgan fingerprint density at radius 3 is 2.92 bits per heavy atom. The third kappa shape index (κ3) is 2.97. The van der Waals surface area contributed by atoms with Crippen molar-refractivity contribution in [2.75, 3.05) is 25.0 Å². The van der Waals surface area contributed by atoms with Crippen LogP contribution in [-0.2, 0) is 11.2 Å². The molecular formula is C18H21N5O. The molecule has 1 fully saturated rings. The molecule has 6 nitrogen and oxygen atoms in total. The molecule has 0 saturated carbocycles. The van der Waals surface area contributed by atoms with Gasteiger partial charge < -0.3 is 15.5 Å². The smallest absolute Gasteiger partial charge is 0.244 e. The topological polar surface area (TPSA) is 70.2 Å². The van der Waals surface area contributed by atoms with Crippen molar-refractivity contribution in [3.8, 4) is 0 Å². The van der Waals surface area contributed by atoms with Crippen LogP contribution in [0.2, 0.25) is 0 Å². The quantitative estimate of drug-likeness (QED) is 0.893. The molecule has 2 atom stereocenters. The van der Waals surface area contributed by atoms with E-state index in [1.807, 2.05) is 17.0 Å². The molecule has 1 saturated heterocycles. The van der Waals surface area contributed by atoms with Gasteiger partial charge in [0.1, 0.15) is 6.04 Å². The Hall–Kier alpha value is -2.47. The Morgan fingerprint density at radius 2 is 2.04 bits per heavy atom. The lowest BCUT2D eigenvalue weighted by molar-refractivity contribution is -0.132. The molecule has 0 radical (unpaired) electrons. The highest BCUT2D eigenvalue weighted by molar-refractivity contribution is 5.84. The summed E-state index contributed by atoms with van der Waals surface area (Å²) in [6.07, 6.45) is 5.33. The third-order valence-electron chi connectivity index (χ3n) is 4.75. The lowest BCUT2D eigenvalue weighted by Gasteiger charge is -2.29. The molecule has 4 rings (SSSR count). The molecule has 24 heavy (non-hydrogen) atoms. The number of carbonyl (C=O) groups is 1. The Labute approximate surface area is 141 Å². The molecule has 0 aliphatic carbocycles. The number of nitrogens with zero attached hydrogens (tertiary/aromatic N) is 3. The summed E-state index contributed by atoms with van der Waals surface area (Å²) in [5.74, 6) is 0.790. The predicted octanol–water partition coefficient (Wildman–Crippen LogP) is 1.38. The molecule has 2 aliphatic rings. The molecule has 2 unspecified atom stereocenters. The highest BCUT2D eigenvalue weighted by Crippen LogP contribution is 2.26. The number of nitrogens with one attached hydrogen (secondary N) is 2. The van der Waals surface area contributed by atoms with Gasteiger partial charge in [-0.15, -0.1) is 0 Å². The minimum Gasteiger partial charge on any atom is -0.350 e. The first-order chi connectivity index (χ1) is 11.8. The van der Waals surface area contributed by atoms with E-state index in [2.05, 4.69) is 32.7 Å². The number of likely N-dealkylation sites (tertiary alicyclic amines) is 1. The number of hydrogen-bond acceptors (Lipinski definition) is 5. The van der Waals surface area contributed by atoms with Crippen LogP contribution < -0.4 is 10.6 Å². The molecule has 124 valence electrons. The van der Waals surface area contributed by atoms with Gasteiger partial charge in [-0.1, -0.05) is 24.3 Å². The van der Waals surface area contributed by atoms with Gasteiger partial charge in [0.15, 0.2) is 0 Å². The number of benzene rings is 1. The molecule has 1 amide bonds. The van der Waals surface area contributed by atoms with Gasteiger partial charge in [-0.3, -0.25) is 4.79 Å². The average Bonchev–Trinajstić information content (AvgIpc) is 3.10. The standard InChI is InChI=1S/C18H21N5O/c24-17(16-15-5-2-1-4-13(15)6-10-19-16)23-11-7-14(12-23)22-18-20-8-3-9-21-18/h1-5,8-9,14,16,19H,6-7,10-12H2,(H,20,21,22). The molecule has 6 heteroatoms. The number of anilines is 1. The Kier molecular flexibility index (Phi) is 4.13. The maximum atomic E-state index is 13.0. The first-order valence-corrected chi connectivity index (χ1v) is 8.45. The van der Waals surface area contributed by atoms with Crippen LogP contribution in [0.5, 0.6) is 0 Å². The summed E-state index contributed by atoms with van der Waals surface area (Å²) in [6, 6.07) is 10.0. The average molecular weight is 323 g/mol. The Bertz CT molecular complexity index is 720. The summed E-state index contributed by atoms with van der Waals surface area (Å²) in [5.41, 5.74) is 2.40. The predicted molar refractivity (Wildman–Crippen MR) is 91.5 cm³/mol. The SMILES string of the molecule is O=C(C1NCCc2ccccc21)N1CCC(Nc2ncccn2)C1. The van der Waals surface area contributed by atoms with E-state index in [1.54, 1.807) is 18.5 Å². The molecule has 1 aromatic carbocycles. The first-order valence-electron chi connectivity index (χ1n) is 8.45. The van der Waals surface area contributed by atoms with Gasteiger partial charge in [0, 0.05) is 38.1 Å². The molecule has 2 aromatic rings. The van der Waals surface area contributed by atoms with Crippen molar-refractivity contribution in [2.45, 2.75) is 24.9 Å². The van der Waals surface area contributed by atoms with Gasteiger partial charge in [0.05, 0.1) is 0 Å². The number of carbonyl (C=O) groups excluding carboxylic acids is 1. The summed E-state index contributed by atoms with van der Waals surface area (Å²) in [5, 5.41) is 6.69. The molecule has 0 bridgehead atoms. The Morgan fingerprint density at radius 1 is 1.21 bits per heavy atom. The van der Waals surface area contributed by atoms with Crippen LogP contribution in [0.4, 0.5) is 5.95 Å². The second-order valence-corrected chi connectivity index (χ2v) is 6.32. The van der Waals surface area contributed by atoms with Crippen molar-refractivity contribution in [3.63, 3.8) is 0 Å². The Balaban J connectivity index is 1.43. The van der Waals surface area contributed by atoms with Crippen molar-refractivity contribution in [2.24, 2.45) is 0 Å². The van der Waals surface area contributed by atoms with Crippen LogP contribution in [0.15, 0.2) is 42.7 Å². The van der Waals surface area contributed by atoms with Gasteiger partial charge in [0.25, 0.3) is 0 Å². The molecule has 0 spiro atoms. The minimum absolute atomic E-state index is 0.167. The number of amides is 1. The van der Waals surface area contributed by atoms with Gasteiger partial charge >= 0.3 is 0 Å². The number of hydrogen-bond donors (Lipinski definition) is 2. The number of aromatic nitrogens is 2. The first kappa shape index (κ1) is 15.1. The van der Waals surface area contributed by atoms with Crippen molar-refractivity contribution in [1.29, 1.82) is 0 Å². The van der Waals surface area contributed by atoms with E-state index >= 15 is 0 Å². The van der Waals surface area contributed by atoms with Crippen LogP contribution in [0, 0.1) is 0 Å². The normalized spacial score (nSPS) is 22.9. The van der Waals surface area contributed by atoms with E-state index in [4.69, 9.17) is 0 Å². The van der Waals surface area contributed by atoms with Crippen molar-refractivity contribution < 1.29 is 4.79 Å². The number of rotatable bonds is 3. The van der Waals surface area contributed by atoms with E-state index in [0.717, 1.165) is 31.5 Å². The molecule has 2 aliphatic heterocycles. The van der Waals surface area contributed by atoms with Crippen molar-refractivity contribution in [3.05, 3.63) is 53.9 Å². The van der Waals surface area contributed by atoms with Crippen LogP contribution in [0.3, 0.4) is 0 Å². The fourth-order valence-corrected chi connectivity index (χ4v) is 3.54. The lowest BCUT2D eigenvalue weighted by Crippen LogP contribution is -2.43. The number of fused-ring (bicyclic) bond motifs is 1. The highest BCUT2D eigenvalue weighted by Gasteiger charge is 2.33. The van der Waals surface area contributed by atoms with Crippen LogP contribution >= 0.6 is 0 Å². The second-order valence-electron chi connectivity index (χ2n) is 6.32. The minimum atomic E-state index is -0.221. The van der Waals surface area contributed by atoms with Crippen LogP contribution in [-0.4, -0.2) is 46.5 Å². The second kappa shape index (κ2) is 6.57. The zero-order chi connectivity index (χ0) is 16.4. The third-order valence-corrected chi connectivity index (χ3v) is 4.75.